The summed E-state index contributed by atoms with van der Waals surface area (Å²) in [5.74, 6) is -0.855. The quantitative estimate of drug-likeness (QED) is 0.111. The molecule has 316 valence electrons. The van der Waals surface area contributed by atoms with Crippen molar-refractivity contribution in [3.05, 3.63) is 12.2 Å². The average Bonchev–Trinajstić information content (AvgIpc) is 3.41. The third kappa shape index (κ3) is 7.31. The number of hydrogen-bond donors (Lipinski definition) is 9. The van der Waals surface area contributed by atoms with Gasteiger partial charge in [-0.2, -0.15) is 0 Å². The fourth-order valence-corrected chi connectivity index (χ4v) is 12.8. The van der Waals surface area contributed by atoms with E-state index in [-0.39, 0.29) is 66.5 Å². The number of Topliss-reactive ketones (excluding diaryl/α,β-unsaturated/α-hetero) is 1. The zero-order valence-electron chi connectivity index (χ0n) is 33.6. The van der Waals surface area contributed by atoms with E-state index in [2.05, 4.69) is 27.7 Å². The summed E-state index contributed by atoms with van der Waals surface area (Å²) in [5, 5.41) is 95.4. The smallest absolute Gasteiger partial charge is 0.186 e. The van der Waals surface area contributed by atoms with E-state index in [1.165, 1.54) is 0 Å². The molecule has 6 aliphatic rings. The van der Waals surface area contributed by atoms with Crippen molar-refractivity contribution < 1.29 is 69.7 Å². The Balaban J connectivity index is 1.33. The van der Waals surface area contributed by atoms with Gasteiger partial charge in [-0.05, 0) is 99.7 Å². The normalized spacial score (nSPS) is 49.9. The van der Waals surface area contributed by atoms with Crippen LogP contribution in [0.15, 0.2) is 12.2 Å². The van der Waals surface area contributed by atoms with Crippen LogP contribution in [-0.4, -0.2) is 144 Å². The summed E-state index contributed by atoms with van der Waals surface area (Å²) < 4.78 is 24.3. The summed E-state index contributed by atoms with van der Waals surface area (Å²) in [6.07, 6.45) is -4.69. The molecule has 9 N–H and O–H groups in total. The molecule has 0 radical (unpaired) electrons. The Morgan fingerprint density at radius 3 is 2.16 bits per heavy atom. The maximum atomic E-state index is 14.5. The van der Waals surface area contributed by atoms with Crippen molar-refractivity contribution in [3.8, 4) is 0 Å². The highest BCUT2D eigenvalue weighted by Gasteiger charge is 2.73. The lowest BCUT2D eigenvalue weighted by Crippen LogP contribution is -2.66. The lowest BCUT2D eigenvalue weighted by Gasteiger charge is -2.70. The van der Waals surface area contributed by atoms with E-state index in [0.717, 1.165) is 25.7 Å². The maximum absolute atomic E-state index is 14.5. The summed E-state index contributed by atoms with van der Waals surface area (Å²) in [4.78, 5) is 14.5. The number of carbonyl (C=O) groups is 1. The van der Waals surface area contributed by atoms with Gasteiger partial charge in [0.15, 0.2) is 12.6 Å². The molecule has 0 unspecified atom stereocenters. The van der Waals surface area contributed by atoms with Gasteiger partial charge in [-0.3, -0.25) is 4.79 Å². The molecule has 0 aromatic heterocycles. The van der Waals surface area contributed by atoms with Crippen LogP contribution in [0.3, 0.4) is 0 Å². The molecule has 0 bridgehead atoms. The minimum absolute atomic E-state index is 0.0217. The second kappa shape index (κ2) is 15.2. The van der Waals surface area contributed by atoms with Crippen LogP contribution >= 0.6 is 0 Å². The first-order chi connectivity index (χ1) is 25.4. The zero-order valence-corrected chi connectivity index (χ0v) is 33.6. The number of aliphatic hydroxyl groups is 9. The second-order valence-corrected chi connectivity index (χ2v) is 19.9. The first kappa shape index (κ1) is 43.5. The SMILES string of the molecule is CC(C)(O)/C=C/C[C@](C)(O)[C@H]1C(=O)C[C@]2(CO[C@@H]3O[C@H](CO)[C@@H](O)[C@H](O)[C@H]3O)[C@@H]1CC[C@@H]1[C@@]3(C)CC[C@H](O[C@@H]4OC[C@H](O)[C@H](O)[C@H]4O)C(C)(C)[C@@H]3CC[C@]12C. The highest BCUT2D eigenvalue weighted by Crippen LogP contribution is 2.75. The number of aliphatic hydroxyl groups excluding tert-OH is 7. The van der Waals surface area contributed by atoms with Crippen LogP contribution in [0.1, 0.15) is 99.8 Å². The van der Waals surface area contributed by atoms with Gasteiger partial charge in [0.25, 0.3) is 0 Å². The van der Waals surface area contributed by atoms with Gasteiger partial charge in [-0.15, -0.1) is 0 Å². The Morgan fingerprint density at radius 1 is 0.836 bits per heavy atom. The van der Waals surface area contributed by atoms with Crippen molar-refractivity contribution in [2.24, 2.45) is 45.3 Å². The van der Waals surface area contributed by atoms with Gasteiger partial charge in [-0.1, -0.05) is 39.8 Å². The first-order valence-corrected chi connectivity index (χ1v) is 20.3. The second-order valence-electron chi connectivity index (χ2n) is 19.9. The Kier molecular flexibility index (Phi) is 12.0. The number of fused-ring (bicyclic) bond motifs is 5. The van der Waals surface area contributed by atoms with Crippen molar-refractivity contribution in [1.29, 1.82) is 0 Å². The molecule has 0 aromatic carbocycles. The predicted octanol–water partition coefficient (Wildman–Crippen LogP) is 0.940. The van der Waals surface area contributed by atoms with E-state index in [4.69, 9.17) is 18.9 Å². The number of hydrogen-bond acceptors (Lipinski definition) is 14. The van der Waals surface area contributed by atoms with Crippen molar-refractivity contribution in [2.75, 3.05) is 19.8 Å². The van der Waals surface area contributed by atoms with Crippen LogP contribution in [0.2, 0.25) is 0 Å². The van der Waals surface area contributed by atoms with E-state index in [9.17, 15) is 50.8 Å². The van der Waals surface area contributed by atoms with Crippen LogP contribution in [-0.2, 0) is 23.7 Å². The van der Waals surface area contributed by atoms with Gasteiger partial charge in [0, 0.05) is 17.8 Å². The molecule has 4 saturated carbocycles. The number of ether oxygens (including phenoxy) is 4. The molecule has 55 heavy (non-hydrogen) atoms. The van der Waals surface area contributed by atoms with Gasteiger partial charge in [0.1, 0.15) is 48.5 Å². The highest BCUT2D eigenvalue weighted by molar-refractivity contribution is 5.86. The molecule has 2 aliphatic heterocycles. The molecule has 4 aliphatic carbocycles. The molecule has 2 saturated heterocycles. The van der Waals surface area contributed by atoms with Gasteiger partial charge in [0.2, 0.25) is 0 Å². The average molecular weight is 785 g/mol. The van der Waals surface area contributed by atoms with Crippen LogP contribution in [0, 0.1) is 45.3 Å². The molecule has 0 amide bonds. The standard InChI is InChI=1S/C41H68O14/c1-36(2,50)13-8-14-40(7,51)28-21-9-10-26-38(5)15-12-27(55-34-32(48)29(45)23(44)19-52-34)37(3,4)25(38)11-16-39(26,6)41(21,17-22(28)43)20-53-35-33(49)31(47)30(46)24(18-42)54-35/h8,13,21,23-35,42,44-51H,9-12,14-20H2,1-7H3/b13-8+/t21-,23+,24-,25+,26-,27+,28-,29+,30-,31+,32-,33-,34+,35-,38+,39-,40+,41+/m1/s1. The molecule has 18 atom stereocenters. The fraction of sp³-hybridized carbons (Fsp3) is 0.927. The Morgan fingerprint density at radius 2 is 1.51 bits per heavy atom. The van der Waals surface area contributed by atoms with Crippen molar-refractivity contribution in [2.45, 2.75) is 172 Å². The monoisotopic (exact) mass is 784 g/mol. The summed E-state index contributed by atoms with van der Waals surface area (Å²) in [6.45, 7) is 13.1. The largest absolute Gasteiger partial charge is 0.394 e. The van der Waals surface area contributed by atoms with E-state index < -0.39 is 89.9 Å². The third-order valence-electron chi connectivity index (χ3n) is 15.7. The van der Waals surface area contributed by atoms with Crippen molar-refractivity contribution in [1.82, 2.24) is 0 Å². The molecule has 14 nitrogen and oxygen atoms in total. The van der Waals surface area contributed by atoms with E-state index in [1.807, 2.05) is 0 Å². The molecule has 0 aromatic rings. The molecule has 6 fully saturated rings. The van der Waals surface area contributed by atoms with E-state index in [1.54, 1.807) is 32.9 Å². The molecule has 2 heterocycles. The lowest BCUT2D eigenvalue weighted by molar-refractivity contribution is -0.323. The Labute approximate surface area is 324 Å². The minimum Gasteiger partial charge on any atom is -0.394 e. The zero-order chi connectivity index (χ0) is 40.7. The van der Waals surface area contributed by atoms with E-state index >= 15 is 0 Å². The van der Waals surface area contributed by atoms with Crippen LogP contribution in [0.5, 0.6) is 0 Å². The van der Waals surface area contributed by atoms with E-state index in [0.29, 0.717) is 12.8 Å². The maximum Gasteiger partial charge on any atom is 0.186 e. The summed E-state index contributed by atoms with van der Waals surface area (Å²) >= 11 is 0. The van der Waals surface area contributed by atoms with Gasteiger partial charge in [0.05, 0.1) is 37.1 Å². The van der Waals surface area contributed by atoms with Crippen molar-refractivity contribution >= 4 is 5.78 Å². The highest BCUT2D eigenvalue weighted by atomic mass is 16.7. The number of rotatable bonds is 10. The molecular weight excluding hydrogens is 716 g/mol. The molecule has 14 heteroatoms. The summed E-state index contributed by atoms with van der Waals surface area (Å²) in [7, 11) is 0. The molecule has 0 spiro atoms. The summed E-state index contributed by atoms with van der Waals surface area (Å²) in [6, 6.07) is 0. The molecular formula is C41H68O14. The summed E-state index contributed by atoms with van der Waals surface area (Å²) in [5.41, 5.74) is -4.46. The predicted molar refractivity (Wildman–Crippen MR) is 197 cm³/mol. The van der Waals surface area contributed by atoms with Crippen molar-refractivity contribution in [3.63, 3.8) is 0 Å². The number of ketones is 1. The van der Waals surface area contributed by atoms with Crippen LogP contribution in [0.4, 0.5) is 0 Å². The van der Waals surface area contributed by atoms with Gasteiger partial charge >= 0.3 is 0 Å². The van der Waals surface area contributed by atoms with Gasteiger partial charge < -0.3 is 64.9 Å². The first-order valence-electron chi connectivity index (χ1n) is 20.3. The van der Waals surface area contributed by atoms with Crippen LogP contribution < -0.4 is 0 Å². The fourth-order valence-electron chi connectivity index (χ4n) is 12.8. The lowest BCUT2D eigenvalue weighted by atomic mass is 9.35. The minimum atomic E-state index is -1.62. The number of carbonyl (C=O) groups excluding carboxylic acids is 1. The topological polar surface area (TPSA) is 236 Å². The Bertz CT molecular complexity index is 1410. The van der Waals surface area contributed by atoms with Crippen LogP contribution in [0.25, 0.3) is 0 Å². The molecule has 6 rings (SSSR count). The van der Waals surface area contributed by atoms with Gasteiger partial charge in [-0.25, -0.2) is 0 Å². The Hall–Kier alpha value is -1.11. The third-order valence-corrected chi connectivity index (χ3v) is 15.7.